The monoisotopic (exact) mass is 335 g/mol. The molecule has 3 aromatic heterocycles. The van der Waals surface area contributed by atoms with E-state index in [0.29, 0.717) is 21.7 Å². The Morgan fingerprint density at radius 1 is 1.25 bits per heavy atom. The van der Waals surface area contributed by atoms with Gasteiger partial charge in [0.25, 0.3) is 5.91 Å². The first kappa shape index (κ1) is 14.5. The zero-order valence-electron chi connectivity index (χ0n) is 12.8. The van der Waals surface area contributed by atoms with Gasteiger partial charge < -0.3 is 0 Å². The number of carbonyl (C=O) groups is 1. The number of carbonyl (C=O) groups excluding carboxylic acids is 1. The molecule has 7 heteroatoms. The Kier molecular flexibility index (Phi) is 3.55. The van der Waals surface area contributed by atoms with E-state index in [9.17, 15) is 4.79 Å². The number of amides is 1. The van der Waals surface area contributed by atoms with Crippen LogP contribution >= 0.6 is 11.3 Å². The van der Waals surface area contributed by atoms with Gasteiger partial charge in [0, 0.05) is 24.2 Å². The summed E-state index contributed by atoms with van der Waals surface area (Å²) < 4.78 is 1.67. The molecule has 0 saturated heterocycles. The van der Waals surface area contributed by atoms with E-state index in [4.69, 9.17) is 0 Å². The summed E-state index contributed by atoms with van der Waals surface area (Å²) in [7, 11) is 1.81. The van der Waals surface area contributed by atoms with Crippen LogP contribution in [-0.4, -0.2) is 25.7 Å². The SMILES string of the molecule is Cn1ncc2c(C(=O)Nc3nccs3)cc(-c3ccccc3)nc21. The highest BCUT2D eigenvalue weighted by molar-refractivity contribution is 7.13. The lowest BCUT2D eigenvalue weighted by Gasteiger charge is -2.07. The zero-order chi connectivity index (χ0) is 16.5. The van der Waals surface area contributed by atoms with Crippen molar-refractivity contribution >= 4 is 33.4 Å². The van der Waals surface area contributed by atoms with Crippen LogP contribution in [0.4, 0.5) is 5.13 Å². The normalized spacial score (nSPS) is 10.9. The minimum Gasteiger partial charge on any atom is -0.298 e. The number of benzene rings is 1. The Labute approximate surface area is 141 Å². The van der Waals surface area contributed by atoms with Gasteiger partial charge in [-0.05, 0) is 6.07 Å². The van der Waals surface area contributed by atoms with Crippen molar-refractivity contribution in [2.45, 2.75) is 0 Å². The number of hydrogen-bond donors (Lipinski definition) is 1. The highest BCUT2D eigenvalue weighted by Gasteiger charge is 2.17. The van der Waals surface area contributed by atoms with Crippen molar-refractivity contribution in [3.8, 4) is 11.3 Å². The van der Waals surface area contributed by atoms with Gasteiger partial charge in [-0.1, -0.05) is 30.3 Å². The molecule has 0 bridgehead atoms. The summed E-state index contributed by atoms with van der Waals surface area (Å²) in [6, 6.07) is 11.6. The first-order chi connectivity index (χ1) is 11.7. The minimum atomic E-state index is -0.220. The van der Waals surface area contributed by atoms with Gasteiger partial charge >= 0.3 is 0 Å². The molecule has 4 rings (SSSR count). The molecule has 0 aliphatic heterocycles. The Morgan fingerprint density at radius 3 is 2.83 bits per heavy atom. The highest BCUT2D eigenvalue weighted by atomic mass is 32.1. The quantitative estimate of drug-likeness (QED) is 0.623. The molecule has 0 aliphatic rings. The van der Waals surface area contributed by atoms with Gasteiger partial charge in [-0.25, -0.2) is 9.97 Å². The molecule has 1 aromatic carbocycles. The van der Waals surface area contributed by atoms with E-state index in [1.165, 1.54) is 11.3 Å². The molecule has 0 saturated carbocycles. The maximum Gasteiger partial charge on any atom is 0.258 e. The average Bonchev–Trinajstić information content (AvgIpc) is 3.25. The topological polar surface area (TPSA) is 72.7 Å². The second-order valence-electron chi connectivity index (χ2n) is 5.22. The second-order valence-corrected chi connectivity index (χ2v) is 6.11. The summed E-state index contributed by atoms with van der Waals surface area (Å²) in [5.74, 6) is -0.220. The third kappa shape index (κ3) is 2.55. The summed E-state index contributed by atoms with van der Waals surface area (Å²) in [5, 5.41) is 10.1. The number of nitrogens with one attached hydrogen (secondary N) is 1. The lowest BCUT2D eigenvalue weighted by molar-refractivity contribution is 0.102. The fourth-order valence-corrected chi connectivity index (χ4v) is 3.03. The molecule has 0 atom stereocenters. The molecule has 0 unspecified atom stereocenters. The fraction of sp³-hybridized carbons (Fsp3) is 0.0588. The predicted molar refractivity (Wildman–Crippen MR) is 94.0 cm³/mol. The molecule has 1 N–H and O–H groups in total. The van der Waals surface area contributed by atoms with Gasteiger partial charge in [0.2, 0.25) is 0 Å². The number of pyridine rings is 1. The number of aromatic nitrogens is 4. The third-order valence-electron chi connectivity index (χ3n) is 3.67. The number of thiazole rings is 1. The van der Waals surface area contributed by atoms with E-state index >= 15 is 0 Å². The summed E-state index contributed by atoms with van der Waals surface area (Å²) in [5.41, 5.74) is 2.88. The van der Waals surface area contributed by atoms with E-state index in [1.54, 1.807) is 23.1 Å². The Balaban J connectivity index is 1.85. The standard InChI is InChI=1S/C17H13N5OS/c1-22-15-13(10-19-22)12(16(23)21-17-18-7-8-24-17)9-14(20-15)11-5-3-2-4-6-11/h2-10H,1H3,(H,18,21,23). The van der Waals surface area contributed by atoms with Crippen LogP contribution in [0.3, 0.4) is 0 Å². The number of aryl methyl sites for hydroxylation is 1. The first-order valence-corrected chi connectivity index (χ1v) is 8.19. The van der Waals surface area contributed by atoms with Crippen molar-refractivity contribution in [3.05, 3.63) is 59.7 Å². The molecular formula is C17H13N5OS. The van der Waals surface area contributed by atoms with Gasteiger partial charge in [0.05, 0.1) is 22.8 Å². The minimum absolute atomic E-state index is 0.220. The summed E-state index contributed by atoms with van der Waals surface area (Å²) in [6.45, 7) is 0. The molecule has 3 heterocycles. The van der Waals surface area contributed by atoms with Crippen LogP contribution in [-0.2, 0) is 7.05 Å². The fourth-order valence-electron chi connectivity index (χ4n) is 2.51. The van der Waals surface area contributed by atoms with Crippen molar-refractivity contribution < 1.29 is 4.79 Å². The molecular weight excluding hydrogens is 322 g/mol. The largest absolute Gasteiger partial charge is 0.298 e. The molecule has 6 nitrogen and oxygen atoms in total. The number of anilines is 1. The van der Waals surface area contributed by atoms with E-state index < -0.39 is 0 Å². The second kappa shape index (κ2) is 5.86. The smallest absolute Gasteiger partial charge is 0.258 e. The Morgan fingerprint density at radius 2 is 2.08 bits per heavy atom. The summed E-state index contributed by atoms with van der Waals surface area (Å²) in [4.78, 5) is 21.5. The first-order valence-electron chi connectivity index (χ1n) is 7.31. The van der Waals surface area contributed by atoms with Gasteiger partial charge in [-0.2, -0.15) is 5.10 Å². The van der Waals surface area contributed by atoms with E-state index in [1.807, 2.05) is 42.8 Å². The van der Waals surface area contributed by atoms with Crippen molar-refractivity contribution in [3.63, 3.8) is 0 Å². The number of rotatable bonds is 3. The van der Waals surface area contributed by atoms with E-state index in [-0.39, 0.29) is 5.91 Å². The van der Waals surface area contributed by atoms with Crippen molar-refractivity contribution in [2.24, 2.45) is 7.05 Å². The molecule has 118 valence electrons. The summed E-state index contributed by atoms with van der Waals surface area (Å²) in [6.07, 6.45) is 3.32. The molecule has 0 aliphatic carbocycles. The molecule has 24 heavy (non-hydrogen) atoms. The lowest BCUT2D eigenvalue weighted by Crippen LogP contribution is -2.12. The van der Waals surface area contributed by atoms with Crippen LogP contribution in [0, 0.1) is 0 Å². The molecule has 0 radical (unpaired) electrons. The molecule has 4 aromatic rings. The van der Waals surface area contributed by atoms with Crippen LogP contribution in [0.2, 0.25) is 0 Å². The van der Waals surface area contributed by atoms with E-state index in [2.05, 4.69) is 20.4 Å². The highest BCUT2D eigenvalue weighted by Crippen LogP contribution is 2.25. The van der Waals surface area contributed by atoms with Crippen molar-refractivity contribution in [1.82, 2.24) is 19.7 Å². The van der Waals surface area contributed by atoms with E-state index in [0.717, 1.165) is 11.3 Å². The summed E-state index contributed by atoms with van der Waals surface area (Å²) >= 11 is 1.38. The zero-order valence-corrected chi connectivity index (χ0v) is 13.6. The lowest BCUT2D eigenvalue weighted by atomic mass is 10.1. The third-order valence-corrected chi connectivity index (χ3v) is 4.36. The van der Waals surface area contributed by atoms with Crippen LogP contribution in [0.25, 0.3) is 22.3 Å². The van der Waals surface area contributed by atoms with Crippen LogP contribution < -0.4 is 5.32 Å². The molecule has 0 fully saturated rings. The maximum absolute atomic E-state index is 12.7. The Hall–Kier alpha value is -3.06. The average molecular weight is 335 g/mol. The maximum atomic E-state index is 12.7. The number of nitrogens with zero attached hydrogens (tertiary/aromatic N) is 4. The predicted octanol–water partition coefficient (Wildman–Crippen LogP) is 3.34. The van der Waals surface area contributed by atoms with Crippen molar-refractivity contribution in [2.75, 3.05) is 5.32 Å². The van der Waals surface area contributed by atoms with Crippen LogP contribution in [0.1, 0.15) is 10.4 Å². The van der Waals surface area contributed by atoms with Gasteiger partial charge in [0.15, 0.2) is 10.8 Å². The van der Waals surface area contributed by atoms with Crippen molar-refractivity contribution in [1.29, 1.82) is 0 Å². The van der Waals surface area contributed by atoms with Gasteiger partial charge in [-0.3, -0.25) is 14.8 Å². The van der Waals surface area contributed by atoms with Crippen LogP contribution in [0.15, 0.2) is 54.2 Å². The number of fused-ring (bicyclic) bond motifs is 1. The van der Waals surface area contributed by atoms with Crippen LogP contribution in [0.5, 0.6) is 0 Å². The Bertz CT molecular complexity index is 1010. The molecule has 0 spiro atoms. The van der Waals surface area contributed by atoms with Gasteiger partial charge in [-0.15, -0.1) is 11.3 Å². The van der Waals surface area contributed by atoms with Gasteiger partial charge in [0.1, 0.15) is 0 Å². The number of hydrogen-bond acceptors (Lipinski definition) is 5. The molecule has 1 amide bonds.